The fourth-order valence-corrected chi connectivity index (χ4v) is 3.36. The zero-order valence-electron chi connectivity index (χ0n) is 14.1. The average molecular weight is 420 g/mol. The van der Waals surface area contributed by atoms with Crippen LogP contribution >= 0.6 is 15.9 Å². The summed E-state index contributed by atoms with van der Waals surface area (Å²) >= 11 is 3.45. The van der Waals surface area contributed by atoms with Crippen LogP contribution in [0.4, 0.5) is 0 Å². The van der Waals surface area contributed by atoms with Crippen molar-refractivity contribution >= 4 is 27.4 Å². The molecule has 0 amide bonds. The molecule has 0 bridgehead atoms. The second kappa shape index (κ2) is 7.09. The number of allylic oxidation sites excluding steroid dienone is 2. The summed E-state index contributed by atoms with van der Waals surface area (Å²) in [6.07, 6.45) is 3.03. The number of nitriles is 1. The highest BCUT2D eigenvalue weighted by Crippen LogP contribution is 2.44. The molecule has 0 saturated carbocycles. The topological polar surface area (TPSA) is 89.8 Å². The number of nitrogens with two attached hydrogens (primary N) is 1. The van der Waals surface area contributed by atoms with E-state index in [4.69, 9.17) is 10.5 Å². The minimum absolute atomic E-state index is 0.0909. The maximum absolute atomic E-state index is 9.77. The van der Waals surface area contributed by atoms with E-state index in [1.54, 1.807) is 11.0 Å². The third kappa shape index (κ3) is 3.11. The number of rotatable bonds is 3. The Labute approximate surface area is 164 Å². The molecule has 2 aromatic carbocycles. The summed E-state index contributed by atoms with van der Waals surface area (Å²) in [5.41, 5.74) is 8.90. The fourth-order valence-electron chi connectivity index (χ4n) is 3.09. The molecule has 4 rings (SSSR count). The molecule has 0 spiro atoms. The first-order valence-electron chi connectivity index (χ1n) is 8.16. The van der Waals surface area contributed by atoms with Crippen LogP contribution in [0.3, 0.4) is 0 Å². The quantitative estimate of drug-likeness (QED) is 0.695. The van der Waals surface area contributed by atoms with Crippen LogP contribution in [0.1, 0.15) is 17.0 Å². The molecule has 1 aromatic heterocycles. The van der Waals surface area contributed by atoms with Crippen LogP contribution < -0.4 is 5.73 Å². The van der Waals surface area contributed by atoms with Crippen molar-refractivity contribution in [3.8, 4) is 6.07 Å². The number of halogens is 1. The number of benzene rings is 2. The van der Waals surface area contributed by atoms with Crippen molar-refractivity contribution in [3.05, 3.63) is 94.3 Å². The van der Waals surface area contributed by atoms with Crippen molar-refractivity contribution < 1.29 is 4.74 Å². The standard InChI is InChI=1S/C20H14BrN5O/c21-15-8-6-13(7-9-15)17-16(10-22)20(23)27-19(14-4-2-1-3-5-14)18(17)26-12-24-11-25-26/h1-9,11-12,17H,23H2/t17-/m0/s1. The molecule has 0 unspecified atom stereocenters. The summed E-state index contributed by atoms with van der Waals surface area (Å²) in [5, 5.41) is 14.1. The highest BCUT2D eigenvalue weighted by atomic mass is 79.9. The Hall–Kier alpha value is -3.37. The largest absolute Gasteiger partial charge is 0.438 e. The number of hydrogen-bond donors (Lipinski definition) is 1. The van der Waals surface area contributed by atoms with Crippen molar-refractivity contribution in [1.29, 1.82) is 5.26 Å². The van der Waals surface area contributed by atoms with Gasteiger partial charge in [0.2, 0.25) is 5.88 Å². The lowest BCUT2D eigenvalue weighted by atomic mass is 9.86. The zero-order valence-corrected chi connectivity index (χ0v) is 15.7. The van der Waals surface area contributed by atoms with E-state index < -0.39 is 5.92 Å². The van der Waals surface area contributed by atoms with Crippen LogP contribution in [0.25, 0.3) is 11.5 Å². The third-order valence-corrected chi connectivity index (χ3v) is 4.83. The van der Waals surface area contributed by atoms with Gasteiger partial charge in [0.05, 0.1) is 11.6 Å². The molecule has 3 aromatic rings. The number of ether oxygens (including phenoxy) is 1. The molecule has 0 saturated heterocycles. The van der Waals surface area contributed by atoms with Gasteiger partial charge < -0.3 is 10.5 Å². The van der Waals surface area contributed by atoms with Crippen LogP contribution in [0.5, 0.6) is 0 Å². The van der Waals surface area contributed by atoms with Crippen LogP contribution in [0, 0.1) is 11.3 Å². The van der Waals surface area contributed by atoms with Gasteiger partial charge in [-0.2, -0.15) is 10.4 Å². The van der Waals surface area contributed by atoms with Gasteiger partial charge in [0.25, 0.3) is 0 Å². The third-order valence-electron chi connectivity index (χ3n) is 4.30. The Morgan fingerprint density at radius 1 is 1.11 bits per heavy atom. The van der Waals surface area contributed by atoms with Gasteiger partial charge in [-0.15, -0.1) is 0 Å². The Balaban J connectivity index is 2.00. The highest BCUT2D eigenvalue weighted by molar-refractivity contribution is 9.10. The second-order valence-electron chi connectivity index (χ2n) is 5.90. The van der Waals surface area contributed by atoms with Gasteiger partial charge in [0.15, 0.2) is 5.76 Å². The fraction of sp³-hybridized carbons (Fsp3) is 0.0500. The van der Waals surface area contributed by atoms with E-state index in [2.05, 4.69) is 32.1 Å². The van der Waals surface area contributed by atoms with Crippen molar-refractivity contribution in [2.75, 3.05) is 0 Å². The lowest BCUT2D eigenvalue weighted by Gasteiger charge is -2.29. The van der Waals surface area contributed by atoms with Crippen LogP contribution in [-0.2, 0) is 4.74 Å². The average Bonchev–Trinajstić information content (AvgIpc) is 3.23. The van der Waals surface area contributed by atoms with Gasteiger partial charge in [0, 0.05) is 10.0 Å². The predicted octanol–water partition coefficient (Wildman–Crippen LogP) is 3.87. The summed E-state index contributed by atoms with van der Waals surface area (Å²) in [6, 6.07) is 19.6. The smallest absolute Gasteiger partial charge is 0.205 e. The summed E-state index contributed by atoms with van der Waals surface area (Å²) < 4.78 is 8.48. The van der Waals surface area contributed by atoms with Crippen molar-refractivity contribution in [3.63, 3.8) is 0 Å². The summed E-state index contributed by atoms with van der Waals surface area (Å²) in [6.45, 7) is 0. The lowest BCUT2D eigenvalue weighted by molar-refractivity contribution is 0.360. The summed E-state index contributed by atoms with van der Waals surface area (Å²) in [4.78, 5) is 4.06. The van der Waals surface area contributed by atoms with E-state index >= 15 is 0 Å². The molecule has 7 heteroatoms. The monoisotopic (exact) mass is 419 g/mol. The maximum atomic E-state index is 9.77. The van der Waals surface area contributed by atoms with Gasteiger partial charge in [-0.3, -0.25) is 0 Å². The highest BCUT2D eigenvalue weighted by Gasteiger charge is 2.35. The van der Waals surface area contributed by atoms with Crippen molar-refractivity contribution in [2.24, 2.45) is 5.73 Å². The first kappa shape index (κ1) is 17.1. The SMILES string of the molecule is N#CC1=C(N)OC(c2ccccc2)=C(n2cncn2)[C@H]1c1ccc(Br)cc1. The van der Waals surface area contributed by atoms with Crippen molar-refractivity contribution in [1.82, 2.24) is 14.8 Å². The number of nitrogens with zero attached hydrogens (tertiary/aromatic N) is 4. The van der Waals surface area contributed by atoms with Gasteiger partial charge >= 0.3 is 0 Å². The molecule has 27 heavy (non-hydrogen) atoms. The molecule has 2 heterocycles. The summed E-state index contributed by atoms with van der Waals surface area (Å²) in [7, 11) is 0. The number of aromatic nitrogens is 3. The predicted molar refractivity (Wildman–Crippen MR) is 104 cm³/mol. The Morgan fingerprint density at radius 3 is 2.48 bits per heavy atom. The van der Waals surface area contributed by atoms with Gasteiger partial charge in [-0.1, -0.05) is 58.4 Å². The first-order valence-corrected chi connectivity index (χ1v) is 8.96. The lowest BCUT2D eigenvalue weighted by Crippen LogP contribution is -2.23. The Bertz CT molecular complexity index is 1060. The van der Waals surface area contributed by atoms with Crippen LogP contribution in [0.2, 0.25) is 0 Å². The molecule has 1 aliphatic rings. The molecule has 0 aliphatic carbocycles. The normalized spacial score (nSPS) is 16.8. The molecular formula is C20H14BrN5O. The van der Waals surface area contributed by atoms with Gasteiger partial charge in [-0.05, 0) is 17.7 Å². The van der Waals surface area contributed by atoms with Gasteiger partial charge in [0.1, 0.15) is 24.3 Å². The Kier molecular flexibility index (Phi) is 4.48. The summed E-state index contributed by atoms with van der Waals surface area (Å²) in [5.74, 6) is 0.201. The maximum Gasteiger partial charge on any atom is 0.205 e. The minimum atomic E-state index is -0.436. The van der Waals surface area contributed by atoms with Crippen molar-refractivity contribution in [2.45, 2.75) is 5.92 Å². The first-order chi connectivity index (χ1) is 13.2. The number of hydrogen-bond acceptors (Lipinski definition) is 5. The molecular weight excluding hydrogens is 406 g/mol. The van der Waals surface area contributed by atoms with E-state index in [1.807, 2.05) is 54.6 Å². The van der Waals surface area contributed by atoms with E-state index in [9.17, 15) is 5.26 Å². The molecule has 2 N–H and O–H groups in total. The minimum Gasteiger partial charge on any atom is -0.438 e. The zero-order chi connectivity index (χ0) is 18.8. The molecule has 1 aliphatic heterocycles. The van der Waals surface area contributed by atoms with E-state index in [1.165, 1.54) is 6.33 Å². The van der Waals surface area contributed by atoms with Gasteiger partial charge in [-0.25, -0.2) is 9.67 Å². The van der Waals surface area contributed by atoms with E-state index in [-0.39, 0.29) is 5.88 Å². The Morgan fingerprint density at radius 2 is 1.85 bits per heavy atom. The van der Waals surface area contributed by atoms with Crippen LogP contribution in [-0.4, -0.2) is 14.8 Å². The molecule has 1 atom stereocenters. The molecule has 132 valence electrons. The second-order valence-corrected chi connectivity index (χ2v) is 6.81. The molecule has 6 nitrogen and oxygen atoms in total. The van der Waals surface area contributed by atoms with Crippen LogP contribution in [0.15, 0.2) is 83.2 Å². The molecule has 0 fully saturated rings. The molecule has 0 radical (unpaired) electrons. The van der Waals surface area contributed by atoms with E-state index in [0.717, 1.165) is 15.6 Å². The van der Waals surface area contributed by atoms with E-state index in [0.29, 0.717) is 17.0 Å².